The Morgan fingerprint density at radius 3 is 2.36 bits per heavy atom. The van der Waals surface area contributed by atoms with E-state index in [4.69, 9.17) is 10.7 Å². The highest BCUT2D eigenvalue weighted by Gasteiger charge is 2.51. The van der Waals surface area contributed by atoms with Crippen LogP contribution in [0, 0.1) is 30.1 Å². The zero-order chi connectivity index (χ0) is 21.2. The number of amides is 1. The Balaban J connectivity index is 0.00000130. The highest BCUT2D eigenvalue weighted by Crippen LogP contribution is 2.61. The molecule has 180 valence electrons. The molecule has 5 aliphatic rings. The molecule has 0 radical (unpaired) electrons. The van der Waals surface area contributed by atoms with Gasteiger partial charge in [-0.15, -0.1) is 24.8 Å². The van der Waals surface area contributed by atoms with Gasteiger partial charge in [-0.3, -0.25) is 4.79 Å². The van der Waals surface area contributed by atoms with Gasteiger partial charge < -0.3 is 16.0 Å². The first-order chi connectivity index (χ1) is 15.0. The van der Waals surface area contributed by atoms with Gasteiger partial charge in [0.1, 0.15) is 5.82 Å². The Bertz CT molecular complexity index is 1010. The van der Waals surface area contributed by atoms with Crippen LogP contribution in [-0.2, 0) is 4.79 Å². The first-order valence-corrected chi connectivity index (χ1v) is 12.2. The zero-order valence-electron chi connectivity index (χ0n) is 19.4. The van der Waals surface area contributed by atoms with Crippen LogP contribution in [0.3, 0.4) is 0 Å². The summed E-state index contributed by atoms with van der Waals surface area (Å²) in [5.41, 5.74) is 9.32. The number of halogens is 2. The summed E-state index contributed by atoms with van der Waals surface area (Å²) in [6.45, 7) is 3.90. The lowest BCUT2D eigenvalue weighted by Gasteiger charge is -2.56. The van der Waals surface area contributed by atoms with Gasteiger partial charge in [0.2, 0.25) is 5.91 Å². The number of carbonyl (C=O) groups excluding carboxylic acids is 1. The van der Waals surface area contributed by atoms with Gasteiger partial charge in [-0.05, 0) is 98.8 Å². The van der Waals surface area contributed by atoms with Crippen LogP contribution in [0.2, 0.25) is 0 Å². The van der Waals surface area contributed by atoms with E-state index in [9.17, 15) is 4.79 Å². The minimum Gasteiger partial charge on any atom is -0.355 e. The van der Waals surface area contributed by atoms with Crippen LogP contribution in [0.5, 0.6) is 0 Å². The predicted molar refractivity (Wildman–Crippen MR) is 140 cm³/mol. The maximum absolute atomic E-state index is 13.3. The Labute approximate surface area is 209 Å². The number of rotatable bonds is 4. The van der Waals surface area contributed by atoms with Gasteiger partial charge >= 0.3 is 0 Å². The Morgan fingerprint density at radius 2 is 1.76 bits per heavy atom. The Hall–Kier alpha value is -1.56. The van der Waals surface area contributed by atoms with Crippen LogP contribution in [0.4, 0.5) is 11.5 Å². The van der Waals surface area contributed by atoms with Gasteiger partial charge in [0.15, 0.2) is 0 Å². The summed E-state index contributed by atoms with van der Waals surface area (Å²) in [6, 6.07) is 8.58. The third-order valence-corrected chi connectivity index (χ3v) is 8.58. The fourth-order valence-electron chi connectivity index (χ4n) is 7.67. The van der Waals surface area contributed by atoms with Crippen LogP contribution in [-0.4, -0.2) is 30.0 Å². The van der Waals surface area contributed by atoms with E-state index >= 15 is 0 Å². The quantitative estimate of drug-likeness (QED) is 0.595. The number of nitrogens with one attached hydrogen (secondary N) is 1. The van der Waals surface area contributed by atoms with Crippen molar-refractivity contribution in [1.82, 2.24) is 4.98 Å². The average molecular weight is 492 g/mol. The molecule has 1 amide bonds. The summed E-state index contributed by atoms with van der Waals surface area (Å²) in [4.78, 5) is 20.4. The van der Waals surface area contributed by atoms with Crippen molar-refractivity contribution in [2.24, 2.45) is 28.9 Å². The van der Waals surface area contributed by atoms with Crippen LogP contribution < -0.4 is 16.0 Å². The van der Waals surface area contributed by atoms with Crippen LogP contribution in [0.1, 0.15) is 56.9 Å². The number of benzene rings is 1. The van der Waals surface area contributed by atoms with Crippen molar-refractivity contribution in [3.63, 3.8) is 0 Å². The standard InChI is InChI=1S/C26H34N4O.2ClH/c1-16-2-4-22-21(3-5-23(28-22)30-7-6-20(27)15-30)25(16)29-24(31)14-26-11-17-8-18(12-26)10-19(9-17)13-26;;/h2-5,17-20H,6-15,27H2,1H3,(H,29,31);2*1H. The van der Waals surface area contributed by atoms with Gasteiger partial charge in [0.05, 0.1) is 11.2 Å². The number of aromatic nitrogens is 1. The highest BCUT2D eigenvalue weighted by molar-refractivity contribution is 6.02. The van der Waals surface area contributed by atoms with E-state index in [0.717, 1.165) is 65.2 Å². The number of pyridine rings is 1. The fraction of sp³-hybridized carbons (Fsp3) is 0.615. The molecule has 1 aromatic carbocycles. The lowest BCUT2D eigenvalue weighted by atomic mass is 9.49. The second-order valence-electron chi connectivity index (χ2n) is 11.1. The van der Waals surface area contributed by atoms with Crippen molar-refractivity contribution < 1.29 is 4.79 Å². The summed E-state index contributed by atoms with van der Waals surface area (Å²) in [7, 11) is 0. The average Bonchev–Trinajstić information content (AvgIpc) is 3.15. The molecular formula is C26H36Cl2N4O. The number of hydrogen-bond acceptors (Lipinski definition) is 4. The molecule has 1 aromatic heterocycles. The number of fused-ring (bicyclic) bond motifs is 1. The monoisotopic (exact) mass is 490 g/mol. The molecule has 2 heterocycles. The molecule has 7 rings (SSSR count). The first kappa shape index (κ1) is 24.6. The van der Waals surface area contributed by atoms with Gasteiger partial charge in [0, 0.05) is 30.9 Å². The SMILES string of the molecule is Cc1ccc2nc(N3CCC(N)C3)ccc2c1NC(=O)CC12CC3CC(CC(C3)C1)C2.Cl.Cl. The molecule has 1 aliphatic heterocycles. The molecule has 5 fully saturated rings. The normalized spacial score (nSPS) is 31.9. The Morgan fingerprint density at radius 1 is 1.09 bits per heavy atom. The molecule has 5 nitrogen and oxygen atoms in total. The number of aryl methyl sites for hydroxylation is 1. The van der Waals surface area contributed by atoms with Crippen molar-refractivity contribution >= 4 is 53.1 Å². The largest absolute Gasteiger partial charge is 0.355 e. The molecule has 4 aliphatic carbocycles. The maximum Gasteiger partial charge on any atom is 0.224 e. The van der Waals surface area contributed by atoms with E-state index in [2.05, 4.69) is 41.4 Å². The molecule has 1 unspecified atom stereocenters. The highest BCUT2D eigenvalue weighted by atomic mass is 35.5. The molecule has 7 heteroatoms. The first-order valence-electron chi connectivity index (χ1n) is 12.2. The summed E-state index contributed by atoms with van der Waals surface area (Å²) < 4.78 is 0. The van der Waals surface area contributed by atoms with E-state index in [1.165, 1.54) is 38.5 Å². The van der Waals surface area contributed by atoms with Crippen LogP contribution >= 0.6 is 24.8 Å². The third-order valence-electron chi connectivity index (χ3n) is 8.58. The minimum atomic E-state index is 0. The number of nitrogens with two attached hydrogens (primary N) is 1. The van der Waals surface area contributed by atoms with Crippen LogP contribution in [0.15, 0.2) is 24.3 Å². The lowest BCUT2D eigenvalue weighted by molar-refractivity contribution is -0.124. The zero-order valence-corrected chi connectivity index (χ0v) is 21.0. The molecular weight excluding hydrogens is 455 g/mol. The molecule has 2 aromatic rings. The van der Waals surface area contributed by atoms with Crippen molar-refractivity contribution in [3.8, 4) is 0 Å². The van der Waals surface area contributed by atoms with E-state index in [0.29, 0.717) is 6.42 Å². The van der Waals surface area contributed by atoms with Crippen molar-refractivity contribution in [2.45, 2.75) is 64.3 Å². The Kier molecular flexibility index (Phi) is 6.88. The molecule has 3 N–H and O–H groups in total. The molecule has 1 atom stereocenters. The van der Waals surface area contributed by atoms with Gasteiger partial charge in [-0.25, -0.2) is 4.98 Å². The second-order valence-corrected chi connectivity index (χ2v) is 11.1. The van der Waals surface area contributed by atoms with E-state index in [1.807, 2.05) is 0 Å². The number of anilines is 2. The lowest BCUT2D eigenvalue weighted by Crippen LogP contribution is -2.47. The molecule has 0 spiro atoms. The topological polar surface area (TPSA) is 71.2 Å². The third kappa shape index (κ3) is 4.56. The number of carbonyl (C=O) groups is 1. The molecule has 1 saturated heterocycles. The molecule has 4 bridgehead atoms. The van der Waals surface area contributed by atoms with Crippen molar-refractivity contribution in [3.05, 3.63) is 29.8 Å². The van der Waals surface area contributed by atoms with Crippen molar-refractivity contribution in [2.75, 3.05) is 23.3 Å². The summed E-state index contributed by atoms with van der Waals surface area (Å²) in [5.74, 6) is 3.79. The summed E-state index contributed by atoms with van der Waals surface area (Å²) >= 11 is 0. The van der Waals surface area contributed by atoms with Gasteiger partial charge in [-0.2, -0.15) is 0 Å². The van der Waals surface area contributed by atoms with Gasteiger partial charge in [0.25, 0.3) is 0 Å². The molecule has 33 heavy (non-hydrogen) atoms. The van der Waals surface area contributed by atoms with E-state index in [-0.39, 0.29) is 42.2 Å². The van der Waals surface area contributed by atoms with E-state index in [1.54, 1.807) is 0 Å². The molecule has 4 saturated carbocycles. The minimum absolute atomic E-state index is 0. The second kappa shape index (κ2) is 9.24. The van der Waals surface area contributed by atoms with Gasteiger partial charge in [-0.1, -0.05) is 6.07 Å². The summed E-state index contributed by atoms with van der Waals surface area (Å²) in [6.07, 6.45) is 9.75. The smallest absolute Gasteiger partial charge is 0.224 e. The maximum atomic E-state index is 13.3. The van der Waals surface area contributed by atoms with Crippen molar-refractivity contribution in [1.29, 1.82) is 0 Å². The fourth-order valence-corrected chi connectivity index (χ4v) is 7.67. The number of hydrogen-bond donors (Lipinski definition) is 2. The number of nitrogens with zero attached hydrogens (tertiary/aromatic N) is 2. The predicted octanol–water partition coefficient (Wildman–Crippen LogP) is 5.47. The van der Waals surface area contributed by atoms with Crippen LogP contribution in [0.25, 0.3) is 10.9 Å². The van der Waals surface area contributed by atoms with E-state index < -0.39 is 0 Å². The summed E-state index contributed by atoms with van der Waals surface area (Å²) in [5, 5.41) is 4.35.